The van der Waals surface area contributed by atoms with E-state index in [1.165, 1.54) is 23.5 Å². The first-order chi connectivity index (χ1) is 7.83. The van der Waals surface area contributed by atoms with E-state index in [0.29, 0.717) is 6.54 Å². The van der Waals surface area contributed by atoms with Crippen LogP contribution in [0.1, 0.15) is 31.7 Å². The van der Waals surface area contributed by atoms with Gasteiger partial charge in [0, 0.05) is 13.1 Å². The molecule has 1 aromatic carbocycles. The van der Waals surface area contributed by atoms with Crippen molar-refractivity contribution in [2.75, 3.05) is 13.1 Å². The normalized spacial score (nSPS) is 11.4. The lowest BCUT2D eigenvalue weighted by Gasteiger charge is -2.11. The van der Waals surface area contributed by atoms with E-state index in [1.807, 2.05) is 30.4 Å². The van der Waals surface area contributed by atoms with Crippen LogP contribution in [0.2, 0.25) is 0 Å². The van der Waals surface area contributed by atoms with Crippen LogP contribution in [0.15, 0.2) is 36.4 Å². The van der Waals surface area contributed by atoms with Gasteiger partial charge in [-0.3, -0.25) is 0 Å². The molecule has 2 nitrogen and oxygen atoms in total. The summed E-state index contributed by atoms with van der Waals surface area (Å²) >= 11 is 0. The van der Waals surface area contributed by atoms with Crippen LogP contribution in [0.5, 0.6) is 0 Å². The summed E-state index contributed by atoms with van der Waals surface area (Å²) in [7, 11) is 0. The van der Waals surface area contributed by atoms with Crippen LogP contribution >= 0.6 is 0 Å². The van der Waals surface area contributed by atoms with E-state index in [9.17, 15) is 5.21 Å². The molecule has 1 N–H and O–H groups in total. The molecule has 88 valence electrons. The largest absolute Gasteiger partial charge is 0.314 e. The lowest BCUT2D eigenvalue weighted by molar-refractivity contribution is -0.0808. The van der Waals surface area contributed by atoms with Crippen LogP contribution in [0.3, 0.4) is 0 Å². The third-order valence-electron chi connectivity index (χ3n) is 2.45. The van der Waals surface area contributed by atoms with E-state index in [0.717, 1.165) is 13.0 Å². The summed E-state index contributed by atoms with van der Waals surface area (Å²) in [4.78, 5) is 0. The van der Waals surface area contributed by atoms with Gasteiger partial charge < -0.3 is 5.21 Å². The molecule has 0 heterocycles. The van der Waals surface area contributed by atoms with Gasteiger partial charge in [0.1, 0.15) is 0 Å². The minimum atomic E-state index is 0.596. The van der Waals surface area contributed by atoms with Crippen LogP contribution in [-0.4, -0.2) is 23.4 Å². The summed E-state index contributed by atoms with van der Waals surface area (Å²) in [5.41, 5.74) is 1.17. The Balaban J connectivity index is 2.21. The van der Waals surface area contributed by atoms with E-state index >= 15 is 0 Å². The van der Waals surface area contributed by atoms with Crippen molar-refractivity contribution in [1.82, 2.24) is 5.06 Å². The molecule has 0 radical (unpaired) electrons. The quantitative estimate of drug-likeness (QED) is 0.559. The lowest BCUT2D eigenvalue weighted by Crippen LogP contribution is -2.20. The fraction of sp³-hybridized carbons (Fsp3) is 0.429. The molecule has 0 amide bonds. The topological polar surface area (TPSA) is 23.5 Å². The van der Waals surface area contributed by atoms with E-state index in [1.54, 1.807) is 0 Å². The van der Waals surface area contributed by atoms with Crippen LogP contribution in [0.25, 0.3) is 6.08 Å². The van der Waals surface area contributed by atoms with Gasteiger partial charge in [0.15, 0.2) is 0 Å². The second-order valence-corrected chi connectivity index (χ2v) is 3.93. The average molecular weight is 219 g/mol. The number of unbranched alkanes of at least 4 members (excludes halogenated alkanes) is 2. The number of benzene rings is 1. The second kappa shape index (κ2) is 8.08. The molecule has 1 rings (SSSR count). The maximum Gasteiger partial charge on any atom is 0.0422 e. The predicted molar refractivity (Wildman–Crippen MR) is 68.4 cm³/mol. The molecule has 16 heavy (non-hydrogen) atoms. The first kappa shape index (κ1) is 12.9. The van der Waals surface area contributed by atoms with Crippen molar-refractivity contribution >= 4 is 6.08 Å². The zero-order valence-corrected chi connectivity index (χ0v) is 9.97. The standard InChI is InChI=1S/C14H21NO/c1-2-3-7-12-15(16)13-8-11-14-9-5-4-6-10-14/h4-6,8-11,16H,2-3,7,12-13H2,1H3. The highest BCUT2D eigenvalue weighted by atomic mass is 16.5. The highest BCUT2D eigenvalue weighted by Crippen LogP contribution is 2.01. The van der Waals surface area contributed by atoms with Crippen molar-refractivity contribution in [1.29, 1.82) is 0 Å². The van der Waals surface area contributed by atoms with Crippen molar-refractivity contribution in [3.05, 3.63) is 42.0 Å². The Labute approximate surface area is 98.2 Å². The lowest BCUT2D eigenvalue weighted by atomic mass is 10.2. The van der Waals surface area contributed by atoms with Crippen molar-refractivity contribution in [2.24, 2.45) is 0 Å². The molecule has 0 aromatic heterocycles. The van der Waals surface area contributed by atoms with E-state index in [4.69, 9.17) is 0 Å². The number of hydrogen-bond acceptors (Lipinski definition) is 2. The molecule has 0 atom stereocenters. The van der Waals surface area contributed by atoms with Crippen molar-refractivity contribution < 1.29 is 5.21 Å². The summed E-state index contributed by atoms with van der Waals surface area (Å²) in [6.45, 7) is 3.52. The van der Waals surface area contributed by atoms with Crippen molar-refractivity contribution in [3.8, 4) is 0 Å². The number of rotatable bonds is 7. The Hall–Kier alpha value is -1.12. The zero-order chi connectivity index (χ0) is 11.6. The molecular weight excluding hydrogens is 198 g/mol. The predicted octanol–water partition coefficient (Wildman–Crippen LogP) is 3.58. The van der Waals surface area contributed by atoms with E-state index < -0.39 is 0 Å². The third kappa shape index (κ3) is 5.69. The van der Waals surface area contributed by atoms with Gasteiger partial charge in [-0.2, -0.15) is 5.06 Å². The van der Waals surface area contributed by atoms with Gasteiger partial charge in [-0.05, 0) is 12.0 Å². The molecule has 0 saturated heterocycles. The Kier molecular flexibility index (Phi) is 6.54. The number of hydroxylamine groups is 2. The number of hydrogen-bond donors (Lipinski definition) is 1. The Morgan fingerprint density at radius 3 is 2.62 bits per heavy atom. The maximum absolute atomic E-state index is 9.54. The van der Waals surface area contributed by atoms with Gasteiger partial charge in [-0.15, -0.1) is 0 Å². The molecule has 0 aliphatic rings. The molecule has 0 saturated carbocycles. The Morgan fingerprint density at radius 2 is 1.94 bits per heavy atom. The van der Waals surface area contributed by atoms with Gasteiger partial charge >= 0.3 is 0 Å². The van der Waals surface area contributed by atoms with Crippen molar-refractivity contribution in [3.63, 3.8) is 0 Å². The second-order valence-electron chi connectivity index (χ2n) is 3.93. The van der Waals surface area contributed by atoms with Crippen LogP contribution in [0, 0.1) is 0 Å². The molecule has 0 aliphatic carbocycles. The summed E-state index contributed by atoms with van der Waals surface area (Å²) in [5.74, 6) is 0. The van der Waals surface area contributed by atoms with Gasteiger partial charge in [0.2, 0.25) is 0 Å². The maximum atomic E-state index is 9.54. The minimum Gasteiger partial charge on any atom is -0.314 e. The van der Waals surface area contributed by atoms with Crippen molar-refractivity contribution in [2.45, 2.75) is 26.2 Å². The monoisotopic (exact) mass is 219 g/mol. The Bertz CT molecular complexity index is 295. The van der Waals surface area contributed by atoms with Gasteiger partial charge in [0.05, 0.1) is 0 Å². The van der Waals surface area contributed by atoms with E-state index in [2.05, 4.69) is 19.1 Å². The summed E-state index contributed by atoms with van der Waals surface area (Å²) < 4.78 is 0. The summed E-state index contributed by atoms with van der Waals surface area (Å²) in [6.07, 6.45) is 7.45. The fourth-order valence-corrected chi connectivity index (χ4v) is 1.51. The van der Waals surface area contributed by atoms with Crippen LogP contribution in [-0.2, 0) is 0 Å². The minimum absolute atomic E-state index is 0.596. The molecule has 0 spiro atoms. The van der Waals surface area contributed by atoms with Gasteiger partial charge in [-0.1, -0.05) is 62.2 Å². The van der Waals surface area contributed by atoms with E-state index in [-0.39, 0.29) is 0 Å². The highest BCUT2D eigenvalue weighted by Gasteiger charge is 1.95. The van der Waals surface area contributed by atoms with Crippen LogP contribution < -0.4 is 0 Å². The van der Waals surface area contributed by atoms with Gasteiger partial charge in [0.25, 0.3) is 0 Å². The third-order valence-corrected chi connectivity index (χ3v) is 2.45. The smallest absolute Gasteiger partial charge is 0.0422 e. The first-order valence-electron chi connectivity index (χ1n) is 5.98. The molecule has 0 bridgehead atoms. The molecular formula is C14H21NO. The Morgan fingerprint density at radius 1 is 1.19 bits per heavy atom. The molecule has 0 fully saturated rings. The molecule has 0 aliphatic heterocycles. The first-order valence-corrected chi connectivity index (χ1v) is 5.98. The zero-order valence-electron chi connectivity index (χ0n) is 9.97. The summed E-state index contributed by atoms with van der Waals surface area (Å²) in [5, 5.41) is 10.9. The average Bonchev–Trinajstić information content (AvgIpc) is 2.31. The molecule has 1 aromatic rings. The fourth-order valence-electron chi connectivity index (χ4n) is 1.51. The molecule has 0 unspecified atom stereocenters. The SMILES string of the molecule is CCCCCN(O)CC=Cc1ccccc1. The van der Waals surface area contributed by atoms with Gasteiger partial charge in [-0.25, -0.2) is 0 Å². The van der Waals surface area contributed by atoms with Crippen LogP contribution in [0.4, 0.5) is 0 Å². The highest BCUT2D eigenvalue weighted by molar-refractivity contribution is 5.48. The number of nitrogens with zero attached hydrogens (tertiary/aromatic N) is 1. The molecule has 2 heteroatoms. The summed E-state index contributed by atoms with van der Waals surface area (Å²) in [6, 6.07) is 10.1.